The Kier molecular flexibility index (Phi) is 5.75. The molecule has 9 rings (SSSR count). The molecular formula is C42H26OS. The highest BCUT2D eigenvalue weighted by Crippen LogP contribution is 2.42. The fourth-order valence-electron chi connectivity index (χ4n) is 6.58. The zero-order chi connectivity index (χ0) is 29.0. The van der Waals surface area contributed by atoms with Crippen LogP contribution in [0.15, 0.2) is 162 Å². The number of hydrogen-bond donors (Lipinski definition) is 0. The lowest BCUT2D eigenvalue weighted by atomic mass is 9.91. The van der Waals surface area contributed by atoms with Gasteiger partial charge >= 0.3 is 0 Å². The van der Waals surface area contributed by atoms with Crippen molar-refractivity contribution in [1.82, 2.24) is 0 Å². The van der Waals surface area contributed by atoms with E-state index in [2.05, 4.69) is 146 Å². The van der Waals surface area contributed by atoms with E-state index in [9.17, 15) is 0 Å². The molecule has 0 spiro atoms. The number of furan rings is 1. The van der Waals surface area contributed by atoms with Crippen LogP contribution in [0, 0.1) is 0 Å². The quantitative estimate of drug-likeness (QED) is 0.202. The molecule has 2 heterocycles. The number of benzene rings is 7. The first-order valence-corrected chi connectivity index (χ1v) is 15.7. The van der Waals surface area contributed by atoms with Crippen LogP contribution in [-0.2, 0) is 0 Å². The maximum Gasteiger partial charge on any atom is 0.143 e. The van der Waals surface area contributed by atoms with Crippen LogP contribution in [-0.4, -0.2) is 0 Å². The summed E-state index contributed by atoms with van der Waals surface area (Å²) in [6.07, 6.45) is 0. The molecule has 206 valence electrons. The first-order valence-electron chi connectivity index (χ1n) is 14.9. The summed E-state index contributed by atoms with van der Waals surface area (Å²) in [5.41, 5.74) is 11.4. The second kappa shape index (κ2) is 10.1. The summed E-state index contributed by atoms with van der Waals surface area (Å²) < 4.78 is 8.98. The van der Waals surface area contributed by atoms with Gasteiger partial charge in [0, 0.05) is 36.5 Å². The minimum atomic E-state index is 0.922. The molecule has 0 saturated carbocycles. The Bertz CT molecular complexity index is 2480. The molecule has 0 N–H and O–H groups in total. The maximum atomic E-state index is 6.34. The summed E-state index contributed by atoms with van der Waals surface area (Å²) in [7, 11) is 0. The Morgan fingerprint density at radius 3 is 1.80 bits per heavy atom. The van der Waals surface area contributed by atoms with Crippen molar-refractivity contribution in [3.05, 3.63) is 158 Å². The van der Waals surface area contributed by atoms with Crippen molar-refractivity contribution < 1.29 is 4.42 Å². The first-order chi connectivity index (χ1) is 21.8. The smallest absolute Gasteiger partial charge is 0.143 e. The van der Waals surface area contributed by atoms with Crippen molar-refractivity contribution in [2.45, 2.75) is 0 Å². The van der Waals surface area contributed by atoms with Gasteiger partial charge in [-0.15, -0.1) is 11.3 Å². The lowest BCUT2D eigenvalue weighted by Gasteiger charge is -2.13. The van der Waals surface area contributed by atoms with Gasteiger partial charge in [-0.25, -0.2) is 0 Å². The SMILES string of the molecule is c1ccc(-c2cc(-c3ccc(-c4cccc5c4oc4ccccc45)cc3)cc(-c3cccc4sc5ccccc5c34)c2)cc1. The zero-order valence-corrected chi connectivity index (χ0v) is 24.6. The van der Waals surface area contributed by atoms with Crippen LogP contribution >= 0.6 is 11.3 Å². The molecule has 0 unspecified atom stereocenters. The Balaban J connectivity index is 1.20. The normalized spacial score (nSPS) is 11.6. The third kappa shape index (κ3) is 4.07. The zero-order valence-electron chi connectivity index (χ0n) is 23.8. The molecule has 0 aliphatic rings. The van der Waals surface area contributed by atoms with Gasteiger partial charge in [0.05, 0.1) is 0 Å². The fourth-order valence-corrected chi connectivity index (χ4v) is 7.71. The van der Waals surface area contributed by atoms with Crippen molar-refractivity contribution in [3.8, 4) is 44.5 Å². The molecule has 2 aromatic heterocycles. The van der Waals surface area contributed by atoms with Crippen molar-refractivity contribution in [2.24, 2.45) is 0 Å². The van der Waals surface area contributed by atoms with Gasteiger partial charge in [0.15, 0.2) is 0 Å². The van der Waals surface area contributed by atoms with Crippen LogP contribution in [0.5, 0.6) is 0 Å². The Morgan fingerprint density at radius 1 is 0.364 bits per heavy atom. The summed E-state index contributed by atoms with van der Waals surface area (Å²) in [5, 5.41) is 4.95. The number of thiophene rings is 1. The Hall–Kier alpha value is -5.44. The van der Waals surface area contributed by atoms with Crippen LogP contribution in [0.2, 0.25) is 0 Å². The molecule has 1 nitrogen and oxygen atoms in total. The summed E-state index contributed by atoms with van der Waals surface area (Å²) in [6.45, 7) is 0. The minimum absolute atomic E-state index is 0.922. The van der Waals surface area contributed by atoms with E-state index in [0.29, 0.717) is 0 Å². The van der Waals surface area contributed by atoms with Gasteiger partial charge in [0.2, 0.25) is 0 Å². The number of hydrogen-bond acceptors (Lipinski definition) is 2. The molecule has 0 fully saturated rings. The summed E-state index contributed by atoms with van der Waals surface area (Å²) >= 11 is 1.87. The molecule has 0 saturated heterocycles. The molecular weight excluding hydrogens is 553 g/mol. The standard InChI is InChI=1S/C42H26OS/c1-2-10-27(11-3-1)30-24-31(26-32(25-30)33-14-9-19-40-41(33)37-13-5-7-18-39(37)44-40)28-20-22-29(23-21-28)34-15-8-16-36-35-12-4-6-17-38(35)43-42(34)36/h1-26H. The molecule has 0 aliphatic heterocycles. The third-order valence-corrected chi connectivity index (χ3v) is 9.82. The average Bonchev–Trinajstić information content (AvgIpc) is 3.67. The first kappa shape index (κ1) is 25.1. The molecule has 0 atom stereocenters. The second-order valence-electron chi connectivity index (χ2n) is 11.3. The summed E-state index contributed by atoms with van der Waals surface area (Å²) in [4.78, 5) is 0. The second-order valence-corrected chi connectivity index (χ2v) is 12.4. The van der Waals surface area contributed by atoms with Gasteiger partial charge in [-0.05, 0) is 75.3 Å². The maximum absolute atomic E-state index is 6.34. The van der Waals surface area contributed by atoms with Crippen LogP contribution < -0.4 is 0 Å². The van der Waals surface area contributed by atoms with E-state index in [0.717, 1.165) is 33.1 Å². The summed E-state index contributed by atoms with van der Waals surface area (Å²) in [6, 6.07) is 56.8. The Morgan fingerprint density at radius 2 is 0.955 bits per heavy atom. The van der Waals surface area contributed by atoms with E-state index in [4.69, 9.17) is 4.42 Å². The topological polar surface area (TPSA) is 13.1 Å². The van der Waals surface area contributed by atoms with Gasteiger partial charge < -0.3 is 4.42 Å². The highest BCUT2D eigenvalue weighted by atomic mass is 32.1. The lowest BCUT2D eigenvalue weighted by Crippen LogP contribution is -1.87. The lowest BCUT2D eigenvalue weighted by molar-refractivity contribution is 0.670. The number of fused-ring (bicyclic) bond motifs is 6. The van der Waals surface area contributed by atoms with E-state index in [1.54, 1.807) is 0 Å². The van der Waals surface area contributed by atoms with Crippen molar-refractivity contribution in [2.75, 3.05) is 0 Å². The van der Waals surface area contributed by atoms with Gasteiger partial charge in [-0.2, -0.15) is 0 Å². The molecule has 9 aromatic rings. The molecule has 2 heteroatoms. The average molecular weight is 579 g/mol. The molecule has 7 aromatic carbocycles. The van der Waals surface area contributed by atoms with E-state index in [1.807, 2.05) is 23.5 Å². The molecule has 44 heavy (non-hydrogen) atoms. The van der Waals surface area contributed by atoms with Crippen molar-refractivity contribution in [3.63, 3.8) is 0 Å². The highest BCUT2D eigenvalue weighted by Gasteiger charge is 2.15. The van der Waals surface area contributed by atoms with Crippen LogP contribution in [0.3, 0.4) is 0 Å². The summed E-state index contributed by atoms with van der Waals surface area (Å²) in [5.74, 6) is 0. The van der Waals surface area contributed by atoms with Crippen molar-refractivity contribution >= 4 is 53.4 Å². The van der Waals surface area contributed by atoms with Crippen LogP contribution in [0.1, 0.15) is 0 Å². The molecule has 0 bridgehead atoms. The monoisotopic (exact) mass is 578 g/mol. The van der Waals surface area contributed by atoms with E-state index in [-0.39, 0.29) is 0 Å². The predicted octanol–water partition coefficient (Wildman–Crippen LogP) is 12.6. The third-order valence-electron chi connectivity index (χ3n) is 8.69. The van der Waals surface area contributed by atoms with E-state index >= 15 is 0 Å². The van der Waals surface area contributed by atoms with Gasteiger partial charge in [0.25, 0.3) is 0 Å². The number of rotatable bonds is 4. The van der Waals surface area contributed by atoms with Crippen LogP contribution in [0.25, 0.3) is 86.6 Å². The number of para-hydroxylation sites is 2. The van der Waals surface area contributed by atoms with Gasteiger partial charge in [-0.1, -0.05) is 121 Å². The predicted molar refractivity (Wildman–Crippen MR) is 188 cm³/mol. The molecule has 0 aliphatic carbocycles. The Labute approximate surface area is 259 Å². The van der Waals surface area contributed by atoms with Crippen LogP contribution in [0.4, 0.5) is 0 Å². The van der Waals surface area contributed by atoms with E-state index in [1.165, 1.54) is 53.6 Å². The van der Waals surface area contributed by atoms with Gasteiger partial charge in [0.1, 0.15) is 11.2 Å². The van der Waals surface area contributed by atoms with Crippen molar-refractivity contribution in [1.29, 1.82) is 0 Å². The molecule has 0 amide bonds. The van der Waals surface area contributed by atoms with E-state index < -0.39 is 0 Å². The molecule has 0 radical (unpaired) electrons. The largest absolute Gasteiger partial charge is 0.455 e. The van der Waals surface area contributed by atoms with Gasteiger partial charge in [-0.3, -0.25) is 0 Å². The fraction of sp³-hybridized carbons (Fsp3) is 0. The minimum Gasteiger partial charge on any atom is -0.455 e. The highest BCUT2D eigenvalue weighted by molar-refractivity contribution is 7.25.